The van der Waals surface area contributed by atoms with Crippen LogP contribution in [0.4, 0.5) is 0 Å². The SMILES string of the molecule is CC1CC/C(=N\[N+](C)(C)C)c2ccccc21. The lowest BCUT2D eigenvalue weighted by molar-refractivity contribution is -0.877. The highest BCUT2D eigenvalue weighted by Crippen LogP contribution is 2.31. The van der Waals surface area contributed by atoms with E-state index in [1.54, 1.807) is 0 Å². The van der Waals surface area contributed by atoms with Crippen molar-refractivity contribution in [2.24, 2.45) is 5.10 Å². The maximum Gasteiger partial charge on any atom is 0.103 e. The first kappa shape index (κ1) is 11.3. The van der Waals surface area contributed by atoms with Crippen LogP contribution in [0, 0.1) is 0 Å². The van der Waals surface area contributed by atoms with Gasteiger partial charge in [-0.2, -0.15) is 0 Å². The summed E-state index contributed by atoms with van der Waals surface area (Å²) in [4.78, 5) is 0. The van der Waals surface area contributed by atoms with E-state index in [0.717, 1.165) is 6.42 Å². The molecule has 0 radical (unpaired) electrons. The Morgan fingerprint density at radius 2 is 1.88 bits per heavy atom. The van der Waals surface area contributed by atoms with E-state index in [0.29, 0.717) is 10.5 Å². The molecule has 2 nitrogen and oxygen atoms in total. The van der Waals surface area contributed by atoms with Crippen LogP contribution < -0.4 is 0 Å². The second-order valence-electron chi connectivity index (χ2n) is 5.52. The molecule has 2 rings (SSSR count). The number of nitrogens with zero attached hydrogens (tertiary/aromatic N) is 2. The van der Waals surface area contributed by atoms with E-state index in [1.807, 2.05) is 0 Å². The van der Waals surface area contributed by atoms with Gasteiger partial charge in [0.25, 0.3) is 0 Å². The lowest BCUT2D eigenvalue weighted by atomic mass is 9.83. The van der Waals surface area contributed by atoms with Crippen molar-refractivity contribution in [3.63, 3.8) is 0 Å². The van der Waals surface area contributed by atoms with Crippen molar-refractivity contribution in [2.45, 2.75) is 25.7 Å². The molecule has 0 spiro atoms. The molecule has 0 N–H and O–H groups in total. The fourth-order valence-corrected chi connectivity index (χ4v) is 2.30. The van der Waals surface area contributed by atoms with Gasteiger partial charge < -0.3 is 0 Å². The first-order valence-electron chi connectivity index (χ1n) is 5.97. The molecule has 1 aromatic carbocycles. The number of benzene rings is 1. The summed E-state index contributed by atoms with van der Waals surface area (Å²) >= 11 is 0. The summed E-state index contributed by atoms with van der Waals surface area (Å²) in [5, 5.41) is 4.80. The summed E-state index contributed by atoms with van der Waals surface area (Å²) in [5.74, 6) is 0.669. The lowest BCUT2D eigenvalue weighted by Crippen LogP contribution is -2.30. The normalized spacial score (nSPS) is 23.2. The molecule has 1 aliphatic rings. The van der Waals surface area contributed by atoms with Crippen LogP contribution >= 0.6 is 0 Å². The number of hydrogen-bond donors (Lipinski definition) is 0. The molecule has 86 valence electrons. The van der Waals surface area contributed by atoms with Crippen molar-refractivity contribution < 1.29 is 4.59 Å². The Balaban J connectivity index is 2.47. The molecule has 16 heavy (non-hydrogen) atoms. The zero-order valence-electron chi connectivity index (χ0n) is 10.7. The first-order valence-corrected chi connectivity index (χ1v) is 5.97. The van der Waals surface area contributed by atoms with E-state index in [2.05, 4.69) is 52.3 Å². The second kappa shape index (κ2) is 4.02. The fraction of sp³-hybridized carbons (Fsp3) is 0.500. The number of quaternary nitrogens is 1. The van der Waals surface area contributed by atoms with Crippen molar-refractivity contribution >= 4 is 5.71 Å². The number of hydrogen-bond acceptors (Lipinski definition) is 1. The third-order valence-corrected chi connectivity index (χ3v) is 3.04. The lowest BCUT2D eigenvalue weighted by Gasteiger charge is -2.25. The molecule has 0 heterocycles. The van der Waals surface area contributed by atoms with Gasteiger partial charge in [-0.15, -0.1) is 0 Å². The summed E-state index contributed by atoms with van der Waals surface area (Å²) in [5.41, 5.74) is 4.08. The van der Waals surface area contributed by atoms with E-state index in [4.69, 9.17) is 5.10 Å². The number of rotatable bonds is 1. The van der Waals surface area contributed by atoms with Gasteiger partial charge in [0.2, 0.25) is 0 Å². The zero-order chi connectivity index (χ0) is 11.8. The van der Waals surface area contributed by atoms with Crippen LogP contribution in [0.3, 0.4) is 0 Å². The average molecular weight is 217 g/mol. The zero-order valence-corrected chi connectivity index (χ0v) is 10.7. The summed E-state index contributed by atoms with van der Waals surface area (Å²) in [6.45, 7) is 2.31. The predicted octanol–water partition coefficient (Wildman–Crippen LogP) is 2.99. The van der Waals surface area contributed by atoms with Gasteiger partial charge in [0, 0.05) is 5.56 Å². The molecule has 1 aliphatic carbocycles. The van der Waals surface area contributed by atoms with Gasteiger partial charge in [0.05, 0.1) is 21.1 Å². The first-order chi connectivity index (χ1) is 7.47. The maximum absolute atomic E-state index is 4.80. The van der Waals surface area contributed by atoms with Crippen molar-refractivity contribution in [1.29, 1.82) is 0 Å². The van der Waals surface area contributed by atoms with E-state index in [9.17, 15) is 0 Å². The molecule has 0 aromatic heterocycles. The molecular weight excluding hydrogens is 196 g/mol. The van der Waals surface area contributed by atoms with Gasteiger partial charge in [-0.3, -0.25) is 0 Å². The molecule has 0 saturated carbocycles. The maximum atomic E-state index is 4.80. The fourth-order valence-electron chi connectivity index (χ4n) is 2.30. The molecular formula is C14H21N2+. The van der Waals surface area contributed by atoms with Gasteiger partial charge in [0.1, 0.15) is 5.71 Å². The summed E-state index contributed by atoms with van der Waals surface area (Å²) in [7, 11) is 6.31. The minimum atomic E-state index is 0.651. The Bertz CT molecular complexity index is 413. The molecule has 1 aromatic rings. The topological polar surface area (TPSA) is 12.4 Å². The van der Waals surface area contributed by atoms with Gasteiger partial charge in [-0.25, -0.2) is 4.59 Å². The molecule has 1 atom stereocenters. The Hall–Kier alpha value is -1.15. The van der Waals surface area contributed by atoms with Gasteiger partial charge in [0.15, 0.2) is 0 Å². The average Bonchev–Trinajstić information content (AvgIpc) is 2.21. The predicted molar refractivity (Wildman–Crippen MR) is 68.7 cm³/mol. The molecule has 1 unspecified atom stereocenters. The number of fused-ring (bicyclic) bond motifs is 1. The Morgan fingerprint density at radius 1 is 1.19 bits per heavy atom. The van der Waals surface area contributed by atoms with Crippen LogP contribution in [0.25, 0.3) is 0 Å². The molecule has 0 fully saturated rings. The Kier molecular flexibility index (Phi) is 2.85. The van der Waals surface area contributed by atoms with Gasteiger partial charge >= 0.3 is 0 Å². The molecule has 0 bridgehead atoms. The smallest absolute Gasteiger partial charge is 0.103 e. The second-order valence-corrected chi connectivity index (χ2v) is 5.52. The van der Waals surface area contributed by atoms with E-state index in [-0.39, 0.29) is 0 Å². The summed E-state index contributed by atoms with van der Waals surface area (Å²) < 4.78 is 0.651. The van der Waals surface area contributed by atoms with Gasteiger partial charge in [-0.05, 0) is 24.3 Å². The van der Waals surface area contributed by atoms with E-state index >= 15 is 0 Å². The van der Waals surface area contributed by atoms with Crippen LogP contribution in [0.2, 0.25) is 0 Å². The third kappa shape index (κ3) is 2.33. The van der Waals surface area contributed by atoms with E-state index in [1.165, 1.54) is 23.3 Å². The molecule has 0 amide bonds. The minimum Gasteiger partial charge on any atom is -0.205 e. The standard InChI is InChI=1S/C14H21N2/c1-11-9-10-14(15-16(2,3)4)13-8-6-5-7-12(11)13/h5-8,11H,9-10H2,1-4H3/q+1/b15-14+. The van der Waals surface area contributed by atoms with Gasteiger partial charge in [-0.1, -0.05) is 36.3 Å². The molecule has 2 heteroatoms. The third-order valence-electron chi connectivity index (χ3n) is 3.04. The van der Waals surface area contributed by atoms with E-state index < -0.39 is 0 Å². The minimum absolute atomic E-state index is 0.651. The van der Waals surface area contributed by atoms with Crippen molar-refractivity contribution in [2.75, 3.05) is 21.1 Å². The monoisotopic (exact) mass is 217 g/mol. The van der Waals surface area contributed by atoms with Crippen LogP contribution in [-0.2, 0) is 0 Å². The quantitative estimate of drug-likeness (QED) is 0.506. The van der Waals surface area contributed by atoms with Crippen LogP contribution in [-0.4, -0.2) is 31.4 Å². The largest absolute Gasteiger partial charge is 0.205 e. The van der Waals surface area contributed by atoms with Crippen LogP contribution in [0.1, 0.15) is 36.8 Å². The Morgan fingerprint density at radius 3 is 2.56 bits per heavy atom. The molecule has 0 aliphatic heterocycles. The van der Waals surface area contributed by atoms with Crippen molar-refractivity contribution in [1.82, 2.24) is 0 Å². The highest BCUT2D eigenvalue weighted by atomic mass is 15.6. The Labute approximate surface area is 98.2 Å². The van der Waals surface area contributed by atoms with Crippen molar-refractivity contribution in [3.05, 3.63) is 35.4 Å². The van der Waals surface area contributed by atoms with Crippen molar-refractivity contribution in [3.8, 4) is 0 Å². The van der Waals surface area contributed by atoms with Crippen LogP contribution in [0.15, 0.2) is 29.4 Å². The highest BCUT2D eigenvalue weighted by molar-refractivity contribution is 6.02. The summed E-state index contributed by atoms with van der Waals surface area (Å²) in [6.07, 6.45) is 2.32. The summed E-state index contributed by atoms with van der Waals surface area (Å²) in [6, 6.07) is 8.69. The van der Waals surface area contributed by atoms with Crippen LogP contribution in [0.5, 0.6) is 0 Å². The highest BCUT2D eigenvalue weighted by Gasteiger charge is 2.23. The molecule has 0 saturated heterocycles.